The average molecular weight is 332 g/mol. The van der Waals surface area contributed by atoms with Crippen LogP contribution in [0.5, 0.6) is 0 Å². The van der Waals surface area contributed by atoms with E-state index in [0.717, 1.165) is 36.8 Å². The van der Waals surface area contributed by atoms with Gasteiger partial charge < -0.3 is 10.1 Å². The average Bonchev–Trinajstić information content (AvgIpc) is 3.02. The molecular formula is C18H24N2O4. The number of benzene rings is 1. The van der Waals surface area contributed by atoms with E-state index in [1.165, 1.54) is 6.92 Å². The molecule has 1 aliphatic carbocycles. The summed E-state index contributed by atoms with van der Waals surface area (Å²) in [5.41, 5.74) is 1.84. The van der Waals surface area contributed by atoms with Crippen molar-refractivity contribution in [2.75, 3.05) is 0 Å². The summed E-state index contributed by atoms with van der Waals surface area (Å²) in [5.74, 6) is -1.12. The number of esters is 1. The fourth-order valence-electron chi connectivity index (χ4n) is 2.76. The molecule has 6 heteroatoms. The molecule has 24 heavy (non-hydrogen) atoms. The molecule has 2 N–H and O–H groups in total. The highest BCUT2D eigenvalue weighted by atomic mass is 16.5. The van der Waals surface area contributed by atoms with Crippen molar-refractivity contribution in [1.82, 2.24) is 10.6 Å². The highest BCUT2D eigenvalue weighted by Gasteiger charge is 2.22. The van der Waals surface area contributed by atoms with E-state index in [4.69, 9.17) is 4.74 Å². The number of carbonyl (C=O) groups excluding carboxylic acids is 3. The van der Waals surface area contributed by atoms with Gasteiger partial charge in [0, 0.05) is 6.04 Å². The number of hydrogen-bond acceptors (Lipinski definition) is 4. The zero-order valence-electron chi connectivity index (χ0n) is 14.1. The highest BCUT2D eigenvalue weighted by Crippen LogP contribution is 2.17. The van der Waals surface area contributed by atoms with E-state index in [9.17, 15) is 14.4 Å². The number of urea groups is 1. The van der Waals surface area contributed by atoms with E-state index in [2.05, 4.69) is 10.6 Å². The normalized spacial score (nSPS) is 15.6. The lowest BCUT2D eigenvalue weighted by Gasteiger charge is -2.15. The second kappa shape index (κ2) is 8.47. The second-order valence-electron chi connectivity index (χ2n) is 6.18. The van der Waals surface area contributed by atoms with Crippen LogP contribution in [0.1, 0.15) is 43.7 Å². The number of amides is 3. The SMILES string of the molecule is Cc1ccccc1CC(=O)O[C@H](C)C(=O)NC(=O)NC1CCCC1. The van der Waals surface area contributed by atoms with E-state index < -0.39 is 24.0 Å². The van der Waals surface area contributed by atoms with Gasteiger partial charge >= 0.3 is 12.0 Å². The summed E-state index contributed by atoms with van der Waals surface area (Å²) in [4.78, 5) is 35.6. The molecule has 1 aromatic carbocycles. The topological polar surface area (TPSA) is 84.5 Å². The first kappa shape index (κ1) is 18.0. The van der Waals surface area contributed by atoms with Gasteiger partial charge in [-0.15, -0.1) is 0 Å². The Bertz CT molecular complexity index is 609. The number of carbonyl (C=O) groups is 3. The summed E-state index contributed by atoms with van der Waals surface area (Å²) in [7, 11) is 0. The number of aryl methyl sites for hydroxylation is 1. The molecule has 0 radical (unpaired) electrons. The summed E-state index contributed by atoms with van der Waals surface area (Å²) < 4.78 is 5.11. The molecule has 0 spiro atoms. The monoisotopic (exact) mass is 332 g/mol. The Hall–Kier alpha value is -2.37. The standard InChI is InChI=1S/C18H24N2O4/c1-12-7-3-4-8-14(12)11-16(21)24-13(2)17(22)20-18(23)19-15-9-5-6-10-15/h3-4,7-8,13,15H,5-6,9-11H2,1-2H3,(H2,19,20,22,23)/t13-/m1/s1. The molecule has 0 heterocycles. The molecule has 0 bridgehead atoms. The van der Waals surface area contributed by atoms with Crippen LogP contribution in [0.2, 0.25) is 0 Å². The predicted octanol–water partition coefficient (Wildman–Crippen LogP) is 2.24. The minimum absolute atomic E-state index is 0.0958. The molecule has 0 aliphatic heterocycles. The van der Waals surface area contributed by atoms with Crippen molar-refractivity contribution < 1.29 is 19.1 Å². The molecule has 1 saturated carbocycles. The van der Waals surface area contributed by atoms with Gasteiger partial charge in [0.05, 0.1) is 6.42 Å². The van der Waals surface area contributed by atoms with Gasteiger partial charge in [-0.3, -0.25) is 14.9 Å². The zero-order valence-corrected chi connectivity index (χ0v) is 14.1. The number of hydrogen-bond donors (Lipinski definition) is 2. The third-order valence-corrected chi connectivity index (χ3v) is 4.20. The van der Waals surface area contributed by atoms with Crippen molar-refractivity contribution in [2.24, 2.45) is 0 Å². The van der Waals surface area contributed by atoms with Gasteiger partial charge in [0.1, 0.15) is 0 Å². The van der Waals surface area contributed by atoms with Gasteiger partial charge in [0.15, 0.2) is 6.10 Å². The Morgan fingerprint density at radius 3 is 2.54 bits per heavy atom. The molecule has 1 atom stereocenters. The molecule has 3 amide bonds. The van der Waals surface area contributed by atoms with E-state index >= 15 is 0 Å². The maximum absolute atomic E-state index is 11.9. The van der Waals surface area contributed by atoms with Crippen molar-refractivity contribution in [2.45, 2.75) is 58.1 Å². The third-order valence-electron chi connectivity index (χ3n) is 4.20. The summed E-state index contributed by atoms with van der Waals surface area (Å²) in [6.07, 6.45) is 3.12. The molecular weight excluding hydrogens is 308 g/mol. The summed E-state index contributed by atoms with van der Waals surface area (Å²) in [6.45, 7) is 3.36. The maximum atomic E-state index is 11.9. The lowest BCUT2D eigenvalue weighted by atomic mass is 10.1. The first-order valence-corrected chi connectivity index (χ1v) is 8.31. The smallest absolute Gasteiger partial charge is 0.321 e. The van der Waals surface area contributed by atoms with Crippen LogP contribution in [0.3, 0.4) is 0 Å². The Balaban J connectivity index is 1.77. The first-order valence-electron chi connectivity index (χ1n) is 8.31. The number of rotatable bonds is 5. The van der Waals surface area contributed by atoms with Gasteiger partial charge in [-0.2, -0.15) is 0 Å². The van der Waals surface area contributed by atoms with Gasteiger partial charge in [-0.25, -0.2) is 4.79 Å². The molecule has 0 aromatic heterocycles. The quantitative estimate of drug-likeness (QED) is 0.810. The first-order chi connectivity index (χ1) is 11.5. The number of nitrogens with one attached hydrogen (secondary N) is 2. The van der Waals surface area contributed by atoms with Crippen molar-refractivity contribution >= 4 is 17.9 Å². The zero-order chi connectivity index (χ0) is 17.5. The van der Waals surface area contributed by atoms with Crippen molar-refractivity contribution in [3.63, 3.8) is 0 Å². The fourth-order valence-corrected chi connectivity index (χ4v) is 2.76. The van der Waals surface area contributed by atoms with Gasteiger partial charge in [-0.05, 0) is 37.8 Å². The molecule has 2 rings (SSSR count). The lowest BCUT2D eigenvalue weighted by molar-refractivity contribution is -0.153. The molecule has 130 valence electrons. The Morgan fingerprint density at radius 2 is 1.88 bits per heavy atom. The summed E-state index contributed by atoms with van der Waals surface area (Å²) in [5, 5.41) is 4.97. The van der Waals surface area contributed by atoms with E-state index in [-0.39, 0.29) is 12.5 Å². The molecule has 1 fully saturated rings. The number of imide groups is 1. The lowest BCUT2D eigenvalue weighted by Crippen LogP contribution is -2.47. The van der Waals surface area contributed by atoms with E-state index in [1.807, 2.05) is 31.2 Å². The van der Waals surface area contributed by atoms with Crippen molar-refractivity contribution in [3.05, 3.63) is 35.4 Å². The van der Waals surface area contributed by atoms with Crippen LogP contribution in [0.4, 0.5) is 4.79 Å². The minimum atomic E-state index is -1.02. The van der Waals surface area contributed by atoms with Gasteiger partial charge in [0.25, 0.3) is 5.91 Å². The minimum Gasteiger partial charge on any atom is -0.452 e. The van der Waals surface area contributed by atoms with Gasteiger partial charge in [-0.1, -0.05) is 37.1 Å². The number of ether oxygens (including phenoxy) is 1. The van der Waals surface area contributed by atoms with Crippen molar-refractivity contribution in [3.8, 4) is 0 Å². The molecule has 1 aromatic rings. The Kier molecular flexibility index (Phi) is 6.35. The van der Waals surface area contributed by atoms with Crippen LogP contribution < -0.4 is 10.6 Å². The van der Waals surface area contributed by atoms with Crippen LogP contribution >= 0.6 is 0 Å². The van der Waals surface area contributed by atoms with Crippen LogP contribution in [0.25, 0.3) is 0 Å². The van der Waals surface area contributed by atoms with Crippen LogP contribution in [0, 0.1) is 6.92 Å². The summed E-state index contributed by atoms with van der Waals surface area (Å²) >= 11 is 0. The third kappa shape index (κ3) is 5.37. The fraction of sp³-hybridized carbons (Fsp3) is 0.500. The van der Waals surface area contributed by atoms with Crippen molar-refractivity contribution in [1.29, 1.82) is 0 Å². The van der Waals surface area contributed by atoms with Crippen LogP contribution in [-0.2, 0) is 20.7 Å². The molecule has 1 aliphatic rings. The van der Waals surface area contributed by atoms with E-state index in [1.54, 1.807) is 0 Å². The molecule has 0 unspecified atom stereocenters. The second-order valence-corrected chi connectivity index (χ2v) is 6.18. The highest BCUT2D eigenvalue weighted by molar-refractivity contribution is 5.97. The van der Waals surface area contributed by atoms with Crippen LogP contribution in [-0.4, -0.2) is 30.1 Å². The largest absolute Gasteiger partial charge is 0.452 e. The molecule has 0 saturated heterocycles. The Morgan fingerprint density at radius 1 is 1.21 bits per heavy atom. The van der Waals surface area contributed by atoms with Crippen LogP contribution in [0.15, 0.2) is 24.3 Å². The molecule has 6 nitrogen and oxygen atoms in total. The maximum Gasteiger partial charge on any atom is 0.321 e. The Labute approximate surface area is 142 Å². The summed E-state index contributed by atoms with van der Waals surface area (Å²) in [6, 6.07) is 7.08. The van der Waals surface area contributed by atoms with Gasteiger partial charge in [0.2, 0.25) is 0 Å². The van der Waals surface area contributed by atoms with E-state index in [0.29, 0.717) is 0 Å². The predicted molar refractivity (Wildman–Crippen MR) is 89.4 cm³/mol.